The van der Waals surface area contributed by atoms with Gasteiger partial charge in [-0.15, -0.1) is 0 Å². The fourth-order valence-electron chi connectivity index (χ4n) is 2.30. The van der Waals surface area contributed by atoms with Gasteiger partial charge in [0.25, 0.3) is 0 Å². The van der Waals surface area contributed by atoms with Crippen molar-refractivity contribution >= 4 is 0 Å². The van der Waals surface area contributed by atoms with E-state index >= 15 is 0 Å². The Morgan fingerprint density at radius 2 is 1.59 bits per heavy atom. The zero-order valence-corrected chi connectivity index (χ0v) is 13.3. The minimum Gasteiger partial charge on any atom is -0.312 e. The molecule has 0 saturated carbocycles. The SMILES string of the molecule is CCCCC(CC)CC(C)(C)CNC(C)(C)C. The summed E-state index contributed by atoms with van der Waals surface area (Å²) in [5.41, 5.74) is 0.657. The zero-order chi connectivity index (χ0) is 13.5. The average molecular weight is 241 g/mol. The maximum absolute atomic E-state index is 3.65. The van der Waals surface area contributed by atoms with Gasteiger partial charge < -0.3 is 5.32 Å². The Balaban J connectivity index is 4.11. The molecule has 0 aliphatic rings. The molecule has 0 spiro atoms. The molecule has 0 radical (unpaired) electrons. The van der Waals surface area contributed by atoms with Crippen LogP contribution in [0.4, 0.5) is 0 Å². The van der Waals surface area contributed by atoms with Crippen LogP contribution in [0.2, 0.25) is 0 Å². The van der Waals surface area contributed by atoms with Crippen molar-refractivity contribution in [3.05, 3.63) is 0 Å². The summed E-state index contributed by atoms with van der Waals surface area (Å²) in [7, 11) is 0. The first-order valence-electron chi connectivity index (χ1n) is 7.45. The van der Waals surface area contributed by atoms with Gasteiger partial charge in [0.05, 0.1) is 0 Å². The second kappa shape index (κ2) is 7.41. The summed E-state index contributed by atoms with van der Waals surface area (Å²) in [5, 5.41) is 3.65. The Bertz CT molecular complexity index is 188. The van der Waals surface area contributed by atoms with Crippen molar-refractivity contribution < 1.29 is 0 Å². The Morgan fingerprint density at radius 1 is 1.00 bits per heavy atom. The molecule has 0 aromatic rings. The van der Waals surface area contributed by atoms with Crippen LogP contribution in [-0.2, 0) is 0 Å². The van der Waals surface area contributed by atoms with Crippen LogP contribution in [0.15, 0.2) is 0 Å². The Labute approximate surface area is 110 Å². The van der Waals surface area contributed by atoms with Gasteiger partial charge in [0.15, 0.2) is 0 Å². The van der Waals surface area contributed by atoms with Gasteiger partial charge in [-0.05, 0) is 38.5 Å². The molecule has 0 amide bonds. The van der Waals surface area contributed by atoms with E-state index in [9.17, 15) is 0 Å². The standard InChI is InChI=1S/C16H35N/c1-8-10-11-14(9-2)12-16(6,7)13-17-15(3,4)5/h14,17H,8-13H2,1-7H3. The summed E-state index contributed by atoms with van der Waals surface area (Å²) >= 11 is 0. The third-order valence-electron chi connectivity index (χ3n) is 3.48. The first kappa shape index (κ1) is 17.0. The summed E-state index contributed by atoms with van der Waals surface area (Å²) in [6.07, 6.45) is 6.82. The van der Waals surface area contributed by atoms with E-state index in [0.717, 1.165) is 12.5 Å². The lowest BCUT2D eigenvalue weighted by molar-refractivity contribution is 0.219. The van der Waals surface area contributed by atoms with Crippen LogP contribution in [0.3, 0.4) is 0 Å². The van der Waals surface area contributed by atoms with Gasteiger partial charge in [-0.2, -0.15) is 0 Å². The number of rotatable bonds is 8. The van der Waals surface area contributed by atoms with Gasteiger partial charge in [-0.1, -0.05) is 53.4 Å². The molecule has 17 heavy (non-hydrogen) atoms. The molecule has 1 atom stereocenters. The fraction of sp³-hybridized carbons (Fsp3) is 1.00. The molecule has 0 aliphatic carbocycles. The smallest absolute Gasteiger partial charge is 0.00967 e. The van der Waals surface area contributed by atoms with E-state index in [2.05, 4.69) is 53.8 Å². The lowest BCUT2D eigenvalue weighted by Crippen LogP contribution is -2.42. The third-order valence-corrected chi connectivity index (χ3v) is 3.48. The van der Waals surface area contributed by atoms with Crippen LogP contribution in [0.5, 0.6) is 0 Å². The van der Waals surface area contributed by atoms with Crippen molar-refractivity contribution in [2.24, 2.45) is 11.3 Å². The van der Waals surface area contributed by atoms with Crippen molar-refractivity contribution in [1.29, 1.82) is 0 Å². The molecule has 1 N–H and O–H groups in total. The quantitative estimate of drug-likeness (QED) is 0.630. The lowest BCUT2D eigenvalue weighted by Gasteiger charge is -2.33. The molecular weight excluding hydrogens is 206 g/mol. The molecule has 0 aromatic carbocycles. The number of hydrogen-bond acceptors (Lipinski definition) is 1. The largest absolute Gasteiger partial charge is 0.312 e. The van der Waals surface area contributed by atoms with Crippen LogP contribution >= 0.6 is 0 Å². The van der Waals surface area contributed by atoms with E-state index in [4.69, 9.17) is 0 Å². The fourth-order valence-corrected chi connectivity index (χ4v) is 2.30. The summed E-state index contributed by atoms with van der Waals surface area (Å²) in [6.45, 7) is 17.3. The molecule has 0 bridgehead atoms. The van der Waals surface area contributed by atoms with E-state index in [1.54, 1.807) is 0 Å². The molecule has 1 heteroatoms. The molecular formula is C16H35N. The van der Waals surface area contributed by atoms with E-state index < -0.39 is 0 Å². The third kappa shape index (κ3) is 9.64. The van der Waals surface area contributed by atoms with Gasteiger partial charge in [-0.3, -0.25) is 0 Å². The molecule has 104 valence electrons. The normalized spacial score (nSPS) is 15.0. The summed E-state index contributed by atoms with van der Waals surface area (Å²) in [4.78, 5) is 0. The highest BCUT2D eigenvalue weighted by Crippen LogP contribution is 2.30. The van der Waals surface area contributed by atoms with Crippen LogP contribution in [0, 0.1) is 11.3 Å². The minimum absolute atomic E-state index is 0.238. The maximum atomic E-state index is 3.65. The van der Waals surface area contributed by atoms with E-state index in [1.807, 2.05) is 0 Å². The van der Waals surface area contributed by atoms with E-state index in [0.29, 0.717) is 5.41 Å². The Morgan fingerprint density at radius 3 is 2.00 bits per heavy atom. The molecule has 0 rings (SSSR count). The van der Waals surface area contributed by atoms with Gasteiger partial charge in [0.1, 0.15) is 0 Å². The Hall–Kier alpha value is -0.0400. The highest BCUT2D eigenvalue weighted by Gasteiger charge is 2.24. The number of unbranched alkanes of at least 4 members (excludes halogenated alkanes) is 1. The second-order valence-electron chi connectivity index (χ2n) is 7.39. The minimum atomic E-state index is 0.238. The van der Waals surface area contributed by atoms with E-state index in [-0.39, 0.29) is 5.54 Å². The van der Waals surface area contributed by atoms with Crippen molar-refractivity contribution in [1.82, 2.24) is 5.32 Å². The lowest BCUT2D eigenvalue weighted by atomic mass is 9.79. The topological polar surface area (TPSA) is 12.0 Å². The van der Waals surface area contributed by atoms with Crippen molar-refractivity contribution in [3.8, 4) is 0 Å². The predicted molar refractivity (Wildman–Crippen MR) is 79.5 cm³/mol. The molecule has 0 aromatic heterocycles. The average Bonchev–Trinajstić information content (AvgIpc) is 2.20. The molecule has 0 aliphatic heterocycles. The highest BCUT2D eigenvalue weighted by molar-refractivity contribution is 4.80. The first-order valence-corrected chi connectivity index (χ1v) is 7.45. The summed E-state index contributed by atoms with van der Waals surface area (Å²) < 4.78 is 0. The maximum Gasteiger partial charge on any atom is 0.00967 e. The summed E-state index contributed by atoms with van der Waals surface area (Å²) in [5.74, 6) is 0.909. The van der Waals surface area contributed by atoms with Crippen LogP contribution in [-0.4, -0.2) is 12.1 Å². The van der Waals surface area contributed by atoms with Crippen molar-refractivity contribution in [2.75, 3.05) is 6.54 Å². The van der Waals surface area contributed by atoms with Crippen molar-refractivity contribution in [2.45, 2.75) is 86.1 Å². The van der Waals surface area contributed by atoms with Gasteiger partial charge in [0.2, 0.25) is 0 Å². The molecule has 1 unspecified atom stereocenters. The highest BCUT2D eigenvalue weighted by atomic mass is 14.9. The van der Waals surface area contributed by atoms with Gasteiger partial charge >= 0.3 is 0 Å². The predicted octanol–water partition coefficient (Wildman–Crippen LogP) is 5.01. The summed E-state index contributed by atoms with van der Waals surface area (Å²) in [6, 6.07) is 0. The first-order chi connectivity index (χ1) is 7.70. The molecule has 0 fully saturated rings. The number of hydrogen-bond donors (Lipinski definition) is 1. The van der Waals surface area contributed by atoms with Crippen LogP contribution < -0.4 is 5.32 Å². The van der Waals surface area contributed by atoms with Gasteiger partial charge in [-0.25, -0.2) is 0 Å². The molecule has 0 heterocycles. The zero-order valence-electron chi connectivity index (χ0n) is 13.3. The van der Waals surface area contributed by atoms with Crippen LogP contribution in [0.1, 0.15) is 80.6 Å². The van der Waals surface area contributed by atoms with Gasteiger partial charge in [0, 0.05) is 12.1 Å². The second-order valence-corrected chi connectivity index (χ2v) is 7.39. The molecule has 0 saturated heterocycles. The monoisotopic (exact) mass is 241 g/mol. The molecule has 1 nitrogen and oxygen atoms in total. The van der Waals surface area contributed by atoms with Crippen LogP contribution in [0.25, 0.3) is 0 Å². The Kier molecular flexibility index (Phi) is 7.39. The van der Waals surface area contributed by atoms with Crippen molar-refractivity contribution in [3.63, 3.8) is 0 Å². The van der Waals surface area contributed by atoms with E-state index in [1.165, 1.54) is 32.1 Å². The number of nitrogens with one attached hydrogen (secondary N) is 1.